The van der Waals surface area contributed by atoms with E-state index in [-0.39, 0.29) is 0 Å². The lowest BCUT2D eigenvalue weighted by Crippen LogP contribution is -1.96. The number of carboxylic acids is 1. The number of hydrogen-bond donors (Lipinski definition) is 2. The van der Waals surface area contributed by atoms with Gasteiger partial charge in [0.2, 0.25) is 0 Å². The zero-order valence-electron chi connectivity index (χ0n) is 12.8. The van der Waals surface area contributed by atoms with E-state index < -0.39 is 5.97 Å². The van der Waals surface area contributed by atoms with Crippen molar-refractivity contribution in [2.75, 3.05) is 0 Å². The van der Waals surface area contributed by atoms with Crippen molar-refractivity contribution in [3.8, 4) is 0 Å². The maximum absolute atomic E-state index is 10.3. The van der Waals surface area contributed by atoms with Crippen LogP contribution in [0.5, 0.6) is 0 Å². The summed E-state index contributed by atoms with van der Waals surface area (Å²) in [5.41, 5.74) is 8.64. The molecule has 1 saturated carbocycles. The van der Waals surface area contributed by atoms with Gasteiger partial charge in [0.1, 0.15) is 0 Å². The first-order valence-electron chi connectivity index (χ1n) is 8.38. The highest BCUT2D eigenvalue weighted by atomic mass is 16.4. The van der Waals surface area contributed by atoms with Crippen molar-refractivity contribution in [1.82, 2.24) is 0 Å². The minimum atomic E-state index is -0.664. The SMILES string of the molecule is NC(CCCCCCCCCCCCC(=O)O)=C1CC1. The summed E-state index contributed by atoms with van der Waals surface area (Å²) in [6.45, 7) is 0. The van der Waals surface area contributed by atoms with E-state index >= 15 is 0 Å². The molecular formula is C17H31NO2. The quantitative estimate of drug-likeness (QED) is 0.478. The van der Waals surface area contributed by atoms with Crippen LogP contribution in [0.15, 0.2) is 11.3 Å². The largest absolute Gasteiger partial charge is 0.481 e. The molecule has 0 aromatic rings. The van der Waals surface area contributed by atoms with Crippen molar-refractivity contribution < 1.29 is 9.90 Å². The Morgan fingerprint density at radius 1 is 0.800 bits per heavy atom. The predicted octanol–water partition coefficient (Wildman–Crippen LogP) is 4.76. The molecule has 0 unspecified atom stereocenters. The first kappa shape index (κ1) is 17.1. The summed E-state index contributed by atoms with van der Waals surface area (Å²) in [6, 6.07) is 0. The summed E-state index contributed by atoms with van der Waals surface area (Å²) >= 11 is 0. The number of carbonyl (C=O) groups is 1. The molecule has 0 amide bonds. The fourth-order valence-corrected chi connectivity index (χ4v) is 2.57. The molecule has 0 atom stereocenters. The maximum atomic E-state index is 10.3. The molecule has 0 aromatic carbocycles. The Morgan fingerprint density at radius 3 is 1.60 bits per heavy atom. The fraction of sp³-hybridized carbons (Fsp3) is 0.824. The molecule has 20 heavy (non-hydrogen) atoms. The second kappa shape index (κ2) is 10.8. The lowest BCUT2D eigenvalue weighted by Gasteiger charge is -2.03. The standard InChI is InChI=1S/C17H31NO2/c18-16(15-13-14-15)11-9-7-5-3-1-2-4-6-8-10-12-17(19)20/h1-14,18H2,(H,19,20). The maximum Gasteiger partial charge on any atom is 0.303 e. The number of rotatable bonds is 13. The molecule has 1 aliphatic rings. The van der Waals surface area contributed by atoms with Crippen LogP contribution in [0.1, 0.15) is 89.9 Å². The second-order valence-electron chi connectivity index (χ2n) is 6.06. The van der Waals surface area contributed by atoms with E-state index in [1.807, 2.05) is 0 Å². The summed E-state index contributed by atoms with van der Waals surface area (Å²) in [4.78, 5) is 10.3. The summed E-state index contributed by atoms with van der Waals surface area (Å²) in [5.74, 6) is -0.664. The number of hydrogen-bond acceptors (Lipinski definition) is 2. The Morgan fingerprint density at radius 2 is 1.20 bits per heavy atom. The van der Waals surface area contributed by atoms with Crippen LogP contribution in [0, 0.1) is 0 Å². The molecule has 0 spiro atoms. The lowest BCUT2D eigenvalue weighted by molar-refractivity contribution is -0.137. The van der Waals surface area contributed by atoms with Gasteiger partial charge in [-0.1, -0.05) is 56.9 Å². The Kier molecular flexibility index (Phi) is 9.18. The van der Waals surface area contributed by atoms with E-state index in [4.69, 9.17) is 10.8 Å². The zero-order valence-corrected chi connectivity index (χ0v) is 12.8. The third kappa shape index (κ3) is 9.88. The van der Waals surface area contributed by atoms with Crippen LogP contribution >= 0.6 is 0 Å². The molecule has 3 heteroatoms. The first-order chi connectivity index (χ1) is 9.70. The normalized spacial score (nSPS) is 13.5. The average Bonchev–Trinajstić information content (AvgIpc) is 3.23. The van der Waals surface area contributed by atoms with Gasteiger partial charge in [-0.2, -0.15) is 0 Å². The summed E-state index contributed by atoms with van der Waals surface area (Å²) < 4.78 is 0. The van der Waals surface area contributed by atoms with Crippen LogP contribution in [-0.2, 0) is 4.79 Å². The van der Waals surface area contributed by atoms with Crippen molar-refractivity contribution in [3.05, 3.63) is 11.3 Å². The number of carboxylic acid groups (broad SMARTS) is 1. The molecule has 0 heterocycles. The molecule has 1 rings (SSSR count). The Hall–Kier alpha value is -0.990. The smallest absolute Gasteiger partial charge is 0.303 e. The van der Waals surface area contributed by atoms with Crippen LogP contribution in [0.25, 0.3) is 0 Å². The van der Waals surface area contributed by atoms with Crippen molar-refractivity contribution in [1.29, 1.82) is 0 Å². The molecule has 0 aliphatic heterocycles. The van der Waals surface area contributed by atoms with E-state index in [9.17, 15) is 4.79 Å². The number of nitrogens with two attached hydrogens (primary N) is 1. The minimum Gasteiger partial charge on any atom is -0.481 e. The average molecular weight is 281 g/mol. The Labute approximate surface area is 123 Å². The van der Waals surface area contributed by atoms with E-state index in [0.717, 1.165) is 19.3 Å². The Bertz CT molecular complexity index is 304. The summed E-state index contributed by atoms with van der Waals surface area (Å²) in [6.07, 6.45) is 16.2. The number of aliphatic carboxylic acids is 1. The van der Waals surface area contributed by atoms with Crippen molar-refractivity contribution in [2.24, 2.45) is 5.73 Å². The van der Waals surface area contributed by atoms with Crippen LogP contribution in [0.2, 0.25) is 0 Å². The molecule has 0 radical (unpaired) electrons. The van der Waals surface area contributed by atoms with Gasteiger partial charge in [-0.05, 0) is 32.1 Å². The molecule has 0 saturated heterocycles. The summed E-state index contributed by atoms with van der Waals surface area (Å²) in [5, 5.41) is 8.51. The van der Waals surface area contributed by atoms with Gasteiger partial charge in [0.25, 0.3) is 0 Å². The molecule has 0 bridgehead atoms. The number of allylic oxidation sites excluding steroid dienone is 2. The molecule has 0 aromatic heterocycles. The van der Waals surface area contributed by atoms with Crippen LogP contribution in [0.3, 0.4) is 0 Å². The number of unbranched alkanes of at least 4 members (excludes halogenated alkanes) is 9. The Balaban J connectivity index is 1.72. The fourth-order valence-electron chi connectivity index (χ4n) is 2.57. The monoisotopic (exact) mass is 281 g/mol. The highest BCUT2D eigenvalue weighted by molar-refractivity contribution is 5.66. The minimum absolute atomic E-state index is 0.333. The molecule has 1 aliphatic carbocycles. The van der Waals surface area contributed by atoms with E-state index in [2.05, 4.69) is 0 Å². The predicted molar refractivity (Wildman–Crippen MR) is 83.5 cm³/mol. The van der Waals surface area contributed by atoms with Gasteiger partial charge >= 0.3 is 5.97 Å². The highest BCUT2D eigenvalue weighted by Gasteiger charge is 2.14. The van der Waals surface area contributed by atoms with E-state index in [1.54, 1.807) is 0 Å². The van der Waals surface area contributed by atoms with Crippen molar-refractivity contribution in [3.63, 3.8) is 0 Å². The molecule has 3 N–H and O–H groups in total. The van der Waals surface area contributed by atoms with Crippen LogP contribution < -0.4 is 5.73 Å². The lowest BCUT2D eigenvalue weighted by atomic mass is 10.0. The van der Waals surface area contributed by atoms with Gasteiger partial charge in [0.05, 0.1) is 0 Å². The third-order valence-corrected chi connectivity index (χ3v) is 4.04. The van der Waals surface area contributed by atoms with Gasteiger partial charge in [0.15, 0.2) is 0 Å². The third-order valence-electron chi connectivity index (χ3n) is 4.04. The molecule has 116 valence electrons. The first-order valence-corrected chi connectivity index (χ1v) is 8.38. The second-order valence-corrected chi connectivity index (χ2v) is 6.06. The molecule has 3 nitrogen and oxygen atoms in total. The van der Waals surface area contributed by atoms with Gasteiger partial charge in [0, 0.05) is 12.1 Å². The van der Waals surface area contributed by atoms with Crippen molar-refractivity contribution in [2.45, 2.75) is 89.9 Å². The van der Waals surface area contributed by atoms with Gasteiger partial charge < -0.3 is 10.8 Å². The molecule has 1 fully saturated rings. The zero-order chi connectivity index (χ0) is 14.6. The van der Waals surface area contributed by atoms with E-state index in [1.165, 1.54) is 75.5 Å². The van der Waals surface area contributed by atoms with Crippen molar-refractivity contribution >= 4 is 5.97 Å². The highest BCUT2D eigenvalue weighted by Crippen LogP contribution is 2.31. The molecular weight excluding hydrogens is 250 g/mol. The van der Waals surface area contributed by atoms with Gasteiger partial charge in [-0.25, -0.2) is 0 Å². The van der Waals surface area contributed by atoms with Crippen LogP contribution in [-0.4, -0.2) is 11.1 Å². The van der Waals surface area contributed by atoms with Gasteiger partial charge in [-0.3, -0.25) is 4.79 Å². The van der Waals surface area contributed by atoms with E-state index in [0.29, 0.717) is 6.42 Å². The topological polar surface area (TPSA) is 63.3 Å². The van der Waals surface area contributed by atoms with Gasteiger partial charge in [-0.15, -0.1) is 0 Å². The van der Waals surface area contributed by atoms with Crippen LogP contribution in [0.4, 0.5) is 0 Å². The summed E-state index contributed by atoms with van der Waals surface area (Å²) in [7, 11) is 0.